The van der Waals surface area contributed by atoms with E-state index in [1.807, 2.05) is 18.5 Å². The molecule has 1 aliphatic carbocycles. The number of pyridine rings is 1. The van der Waals surface area contributed by atoms with Crippen molar-refractivity contribution in [3.63, 3.8) is 0 Å². The van der Waals surface area contributed by atoms with Gasteiger partial charge in [0.1, 0.15) is 0 Å². The largest absolute Gasteiger partial charge is 0.306 e. The molecular weight excluding hydrogens is 232 g/mol. The molecule has 1 atom stereocenters. The van der Waals surface area contributed by atoms with Crippen LogP contribution < -0.4 is 5.32 Å². The lowest BCUT2D eigenvalue weighted by Gasteiger charge is -2.23. The van der Waals surface area contributed by atoms with E-state index in [2.05, 4.69) is 29.4 Å². The summed E-state index contributed by atoms with van der Waals surface area (Å²) in [5.74, 6) is 0. The second-order valence-corrected chi connectivity index (χ2v) is 5.41. The van der Waals surface area contributed by atoms with Crippen LogP contribution in [0.4, 0.5) is 0 Å². The van der Waals surface area contributed by atoms with Crippen LogP contribution in [0.25, 0.3) is 0 Å². The molecule has 1 aliphatic rings. The molecule has 0 saturated carbocycles. The first-order valence-corrected chi connectivity index (χ1v) is 7.74. The predicted molar refractivity (Wildman–Crippen MR) is 81.1 cm³/mol. The molecule has 2 nitrogen and oxygen atoms in total. The maximum atomic E-state index is 4.28. The van der Waals surface area contributed by atoms with E-state index in [-0.39, 0.29) is 0 Å². The lowest BCUT2D eigenvalue weighted by atomic mass is 9.91. The lowest BCUT2D eigenvalue weighted by Crippen LogP contribution is -2.24. The Labute approximate surface area is 117 Å². The average Bonchev–Trinajstić information content (AvgIpc) is 2.42. The minimum atomic E-state index is 0.367. The van der Waals surface area contributed by atoms with Gasteiger partial charge in [0.25, 0.3) is 0 Å². The maximum Gasteiger partial charge on any atom is 0.0551 e. The molecule has 1 heterocycles. The summed E-state index contributed by atoms with van der Waals surface area (Å²) in [5, 5.41) is 3.70. The number of hydrogen-bond donors (Lipinski definition) is 1. The zero-order valence-electron chi connectivity index (χ0n) is 12.1. The van der Waals surface area contributed by atoms with Crippen molar-refractivity contribution in [2.75, 3.05) is 6.54 Å². The summed E-state index contributed by atoms with van der Waals surface area (Å²) in [5.41, 5.74) is 2.88. The van der Waals surface area contributed by atoms with Crippen LogP contribution in [0.2, 0.25) is 0 Å². The van der Waals surface area contributed by atoms with Crippen molar-refractivity contribution in [1.29, 1.82) is 0 Å². The third-order valence-electron chi connectivity index (χ3n) is 3.81. The molecule has 0 bridgehead atoms. The van der Waals surface area contributed by atoms with Crippen LogP contribution in [0.1, 0.15) is 63.5 Å². The Kier molecular flexibility index (Phi) is 6.09. The fourth-order valence-electron chi connectivity index (χ4n) is 2.78. The monoisotopic (exact) mass is 258 g/mol. The number of nitrogens with zero attached hydrogens (tertiary/aromatic N) is 1. The molecule has 0 fully saturated rings. The fourth-order valence-corrected chi connectivity index (χ4v) is 2.78. The van der Waals surface area contributed by atoms with Crippen LogP contribution in [0, 0.1) is 0 Å². The summed E-state index contributed by atoms with van der Waals surface area (Å²) in [6.07, 6.45) is 15.4. The minimum Gasteiger partial charge on any atom is -0.306 e. The summed E-state index contributed by atoms with van der Waals surface area (Å²) in [6, 6.07) is 4.60. The molecule has 2 heteroatoms. The van der Waals surface area contributed by atoms with E-state index in [9.17, 15) is 0 Å². The summed E-state index contributed by atoms with van der Waals surface area (Å²) >= 11 is 0. The van der Waals surface area contributed by atoms with E-state index in [1.165, 1.54) is 50.5 Å². The van der Waals surface area contributed by atoms with Crippen molar-refractivity contribution in [3.8, 4) is 0 Å². The normalized spacial score (nSPS) is 21.0. The summed E-state index contributed by atoms with van der Waals surface area (Å²) < 4.78 is 0. The predicted octanol–water partition coefficient (Wildman–Crippen LogP) is 4.40. The van der Waals surface area contributed by atoms with Gasteiger partial charge in [0, 0.05) is 12.4 Å². The maximum absolute atomic E-state index is 4.28. The second-order valence-electron chi connectivity index (χ2n) is 5.41. The fraction of sp³-hybridized carbons (Fsp3) is 0.588. The first-order chi connectivity index (χ1) is 9.42. The van der Waals surface area contributed by atoms with Gasteiger partial charge in [-0.15, -0.1) is 0 Å². The van der Waals surface area contributed by atoms with Crippen LogP contribution in [-0.2, 0) is 0 Å². The van der Waals surface area contributed by atoms with Crippen LogP contribution in [0.3, 0.4) is 0 Å². The molecule has 2 rings (SSSR count). The highest BCUT2D eigenvalue weighted by molar-refractivity contribution is 5.26. The Morgan fingerprint density at radius 1 is 1.26 bits per heavy atom. The zero-order valence-corrected chi connectivity index (χ0v) is 12.1. The summed E-state index contributed by atoms with van der Waals surface area (Å²) in [6.45, 7) is 3.29. The minimum absolute atomic E-state index is 0.367. The Bertz CT molecular complexity index is 384. The van der Waals surface area contributed by atoms with E-state index in [4.69, 9.17) is 0 Å². The molecule has 0 aromatic carbocycles. The van der Waals surface area contributed by atoms with E-state index >= 15 is 0 Å². The molecule has 1 aromatic heterocycles. The van der Waals surface area contributed by atoms with E-state index in [0.717, 1.165) is 6.54 Å². The number of hydrogen-bond acceptors (Lipinski definition) is 2. The quantitative estimate of drug-likeness (QED) is 0.792. The highest BCUT2D eigenvalue weighted by atomic mass is 14.9. The molecule has 1 unspecified atom stereocenters. The van der Waals surface area contributed by atoms with E-state index < -0.39 is 0 Å². The highest BCUT2D eigenvalue weighted by Crippen LogP contribution is 2.28. The molecule has 0 radical (unpaired) electrons. The van der Waals surface area contributed by atoms with Crippen LogP contribution in [0.5, 0.6) is 0 Å². The Hall–Kier alpha value is -1.15. The van der Waals surface area contributed by atoms with Gasteiger partial charge in [0.2, 0.25) is 0 Å². The Morgan fingerprint density at radius 2 is 2.16 bits per heavy atom. The van der Waals surface area contributed by atoms with Gasteiger partial charge in [-0.3, -0.25) is 4.98 Å². The van der Waals surface area contributed by atoms with Gasteiger partial charge in [-0.2, -0.15) is 0 Å². The number of aromatic nitrogens is 1. The van der Waals surface area contributed by atoms with Crippen LogP contribution in [0.15, 0.2) is 36.2 Å². The van der Waals surface area contributed by atoms with Gasteiger partial charge >= 0.3 is 0 Å². The van der Waals surface area contributed by atoms with Crippen molar-refractivity contribution >= 4 is 0 Å². The molecule has 1 N–H and O–H groups in total. The van der Waals surface area contributed by atoms with Crippen molar-refractivity contribution in [2.24, 2.45) is 0 Å². The van der Waals surface area contributed by atoms with Crippen molar-refractivity contribution in [3.05, 3.63) is 41.7 Å². The lowest BCUT2D eigenvalue weighted by molar-refractivity contribution is 0.540. The third kappa shape index (κ3) is 4.46. The van der Waals surface area contributed by atoms with Crippen LogP contribution in [-0.4, -0.2) is 11.5 Å². The highest BCUT2D eigenvalue weighted by Gasteiger charge is 2.16. The molecule has 19 heavy (non-hydrogen) atoms. The third-order valence-corrected chi connectivity index (χ3v) is 3.81. The molecule has 0 saturated heterocycles. The molecule has 104 valence electrons. The van der Waals surface area contributed by atoms with Crippen molar-refractivity contribution in [2.45, 2.75) is 57.9 Å². The molecule has 0 spiro atoms. The molecular formula is C17H26N2. The van der Waals surface area contributed by atoms with Crippen molar-refractivity contribution < 1.29 is 0 Å². The number of nitrogens with one attached hydrogen (secondary N) is 1. The van der Waals surface area contributed by atoms with E-state index in [1.54, 1.807) is 5.57 Å². The van der Waals surface area contributed by atoms with Gasteiger partial charge in [0.05, 0.1) is 6.04 Å². The van der Waals surface area contributed by atoms with Gasteiger partial charge in [0.15, 0.2) is 0 Å². The topological polar surface area (TPSA) is 24.9 Å². The summed E-state index contributed by atoms with van der Waals surface area (Å²) in [7, 11) is 0. The van der Waals surface area contributed by atoms with Crippen LogP contribution >= 0.6 is 0 Å². The first kappa shape index (κ1) is 14.3. The molecule has 0 amide bonds. The summed E-state index contributed by atoms with van der Waals surface area (Å²) in [4.78, 5) is 4.28. The van der Waals surface area contributed by atoms with Gasteiger partial charge < -0.3 is 5.32 Å². The van der Waals surface area contributed by atoms with Gasteiger partial charge in [-0.05, 0) is 50.3 Å². The number of rotatable bonds is 5. The van der Waals surface area contributed by atoms with E-state index in [0.29, 0.717) is 6.04 Å². The SMILES string of the molecule is CCCNC(/C1=C/CCCCCC1)c1cccnc1. The smallest absolute Gasteiger partial charge is 0.0551 e. The Balaban J connectivity index is 2.15. The molecule has 0 aliphatic heterocycles. The standard InChI is InChI=1S/C17H26N2/c1-2-12-19-17(16-11-8-13-18-14-16)15-9-6-4-3-5-7-10-15/h8-9,11,13-14,17,19H,2-7,10,12H2,1H3/b15-9+. The number of allylic oxidation sites excluding steroid dienone is 1. The average molecular weight is 258 g/mol. The molecule has 1 aromatic rings. The van der Waals surface area contributed by atoms with Gasteiger partial charge in [-0.25, -0.2) is 0 Å². The van der Waals surface area contributed by atoms with Crippen molar-refractivity contribution in [1.82, 2.24) is 10.3 Å². The second kappa shape index (κ2) is 8.11. The first-order valence-electron chi connectivity index (χ1n) is 7.74. The Morgan fingerprint density at radius 3 is 2.95 bits per heavy atom. The van der Waals surface area contributed by atoms with Gasteiger partial charge in [-0.1, -0.05) is 37.5 Å². The zero-order chi connectivity index (χ0) is 13.3.